The van der Waals surface area contributed by atoms with Crippen LogP contribution >= 0.6 is 23.6 Å². The molecule has 0 spiro atoms. The smallest absolute Gasteiger partial charge is 0.178 e. The lowest BCUT2D eigenvalue weighted by Gasteiger charge is -2.27. The van der Waals surface area contributed by atoms with Crippen LogP contribution in [0.25, 0.3) is 0 Å². The molecule has 0 saturated heterocycles. The van der Waals surface area contributed by atoms with Crippen LogP contribution in [0.1, 0.15) is 17.4 Å². The van der Waals surface area contributed by atoms with Crippen LogP contribution < -0.4 is 19.7 Å². The highest BCUT2D eigenvalue weighted by Crippen LogP contribution is 2.35. The van der Waals surface area contributed by atoms with Gasteiger partial charge in [-0.15, -0.1) is 11.3 Å². The van der Waals surface area contributed by atoms with Gasteiger partial charge in [0.15, 0.2) is 16.6 Å². The minimum absolute atomic E-state index is 0.563. The second-order valence-corrected chi connectivity index (χ2v) is 7.90. The van der Waals surface area contributed by atoms with Gasteiger partial charge in [-0.25, -0.2) is 0 Å². The van der Waals surface area contributed by atoms with Crippen molar-refractivity contribution in [1.82, 2.24) is 0 Å². The van der Waals surface area contributed by atoms with Crippen LogP contribution in [0.4, 0.5) is 11.4 Å². The van der Waals surface area contributed by atoms with Crippen LogP contribution in [0, 0.1) is 0 Å². The highest BCUT2D eigenvalue weighted by Gasteiger charge is 2.18. The van der Waals surface area contributed by atoms with E-state index in [9.17, 15) is 0 Å². The van der Waals surface area contributed by atoms with Crippen molar-refractivity contribution in [2.24, 2.45) is 0 Å². The van der Waals surface area contributed by atoms with Crippen LogP contribution in [0.2, 0.25) is 0 Å². The minimum Gasteiger partial charge on any atom is -0.486 e. The molecule has 0 bridgehead atoms. The van der Waals surface area contributed by atoms with Gasteiger partial charge in [0.2, 0.25) is 0 Å². The second kappa shape index (κ2) is 8.63. The molecule has 4 rings (SSSR count). The van der Waals surface area contributed by atoms with Crippen LogP contribution in [-0.4, -0.2) is 18.3 Å². The molecule has 4 nitrogen and oxygen atoms in total. The maximum Gasteiger partial charge on any atom is 0.178 e. The lowest BCUT2D eigenvalue weighted by molar-refractivity contribution is 0.171. The highest BCUT2D eigenvalue weighted by atomic mass is 32.1. The van der Waals surface area contributed by atoms with Crippen molar-refractivity contribution in [3.8, 4) is 11.5 Å². The van der Waals surface area contributed by atoms with Crippen LogP contribution in [0.5, 0.6) is 11.5 Å². The Morgan fingerprint density at radius 1 is 1.07 bits per heavy atom. The average molecular weight is 411 g/mol. The first-order valence-corrected chi connectivity index (χ1v) is 10.6. The Bertz CT molecular complexity index is 957. The summed E-state index contributed by atoms with van der Waals surface area (Å²) >= 11 is 7.51. The molecular formula is C22H22N2O2S2. The van der Waals surface area contributed by atoms with Crippen molar-refractivity contribution in [2.75, 3.05) is 23.4 Å². The van der Waals surface area contributed by atoms with Crippen LogP contribution in [0.15, 0.2) is 60.0 Å². The minimum atomic E-state index is 0.563. The van der Waals surface area contributed by atoms with Crippen molar-refractivity contribution < 1.29 is 9.47 Å². The number of fused-ring (bicyclic) bond motifs is 1. The number of thiophene rings is 1. The Kier molecular flexibility index (Phi) is 5.78. The Morgan fingerprint density at radius 3 is 2.71 bits per heavy atom. The normalized spacial score (nSPS) is 12.5. The van der Waals surface area contributed by atoms with Gasteiger partial charge in [-0.1, -0.05) is 25.1 Å². The maximum absolute atomic E-state index is 5.79. The number of rotatable bonds is 5. The zero-order chi connectivity index (χ0) is 19.3. The van der Waals surface area contributed by atoms with Crippen molar-refractivity contribution in [3.05, 3.63) is 70.4 Å². The number of aryl methyl sites for hydroxylation is 1. The number of nitrogens with one attached hydrogen (secondary N) is 1. The molecule has 1 aromatic heterocycles. The second-order valence-electron chi connectivity index (χ2n) is 6.48. The topological polar surface area (TPSA) is 33.7 Å². The molecule has 2 aromatic carbocycles. The first-order valence-electron chi connectivity index (χ1n) is 9.32. The third-order valence-electron chi connectivity index (χ3n) is 4.56. The van der Waals surface area contributed by atoms with Gasteiger partial charge < -0.3 is 19.7 Å². The standard InChI is InChI=1S/C22H22N2O2S2/c1-2-16-5-3-6-17(13-16)23-22(27)24(15-19-7-4-12-28-19)18-8-9-20-21(14-18)26-11-10-25-20/h3-9,12-14H,2,10-11,15H2,1H3,(H,23,27). The predicted octanol–water partition coefficient (Wildman–Crippen LogP) is 5.49. The van der Waals surface area contributed by atoms with E-state index in [1.54, 1.807) is 11.3 Å². The number of hydrogen-bond donors (Lipinski definition) is 1. The molecule has 0 fully saturated rings. The zero-order valence-electron chi connectivity index (χ0n) is 15.7. The van der Waals surface area contributed by atoms with E-state index in [1.807, 2.05) is 24.3 Å². The summed E-state index contributed by atoms with van der Waals surface area (Å²) in [6.45, 7) is 3.99. The highest BCUT2D eigenvalue weighted by molar-refractivity contribution is 7.80. The Labute approximate surface area is 174 Å². The fourth-order valence-electron chi connectivity index (χ4n) is 3.10. The molecule has 0 aliphatic carbocycles. The first-order chi connectivity index (χ1) is 13.7. The Hall–Kier alpha value is -2.57. The number of anilines is 2. The summed E-state index contributed by atoms with van der Waals surface area (Å²) in [4.78, 5) is 3.33. The molecular weight excluding hydrogens is 388 g/mol. The quantitative estimate of drug-likeness (QED) is 0.563. The molecule has 28 heavy (non-hydrogen) atoms. The lowest BCUT2D eigenvalue weighted by atomic mass is 10.1. The van der Waals surface area contributed by atoms with Gasteiger partial charge in [0, 0.05) is 22.3 Å². The molecule has 6 heteroatoms. The molecule has 1 aliphatic rings. The maximum atomic E-state index is 5.79. The lowest BCUT2D eigenvalue weighted by Crippen LogP contribution is -2.34. The summed E-state index contributed by atoms with van der Waals surface area (Å²) in [6.07, 6.45) is 0.989. The molecule has 144 valence electrons. The van der Waals surface area contributed by atoms with E-state index >= 15 is 0 Å². The zero-order valence-corrected chi connectivity index (χ0v) is 17.3. The largest absolute Gasteiger partial charge is 0.486 e. The third-order valence-corrected chi connectivity index (χ3v) is 5.75. The molecule has 2 heterocycles. The fraction of sp³-hybridized carbons (Fsp3) is 0.227. The average Bonchev–Trinajstić information content (AvgIpc) is 3.25. The van der Waals surface area contributed by atoms with Crippen molar-refractivity contribution in [2.45, 2.75) is 19.9 Å². The molecule has 0 saturated carbocycles. The molecule has 0 atom stereocenters. The Balaban J connectivity index is 1.62. The van der Waals surface area contributed by atoms with Gasteiger partial charge in [0.1, 0.15) is 13.2 Å². The first kappa shape index (κ1) is 18.8. The molecule has 0 unspecified atom stereocenters. The molecule has 0 radical (unpaired) electrons. The van der Waals surface area contributed by atoms with E-state index < -0.39 is 0 Å². The van der Waals surface area contributed by atoms with Crippen LogP contribution in [0.3, 0.4) is 0 Å². The SMILES string of the molecule is CCc1cccc(NC(=S)N(Cc2cccs2)c2ccc3c(c2)OCCO3)c1. The number of thiocarbonyl (C=S) groups is 1. The molecule has 1 N–H and O–H groups in total. The van der Waals surface area contributed by atoms with E-state index in [-0.39, 0.29) is 0 Å². The summed E-state index contributed by atoms with van der Waals surface area (Å²) < 4.78 is 11.4. The van der Waals surface area contributed by atoms with E-state index in [2.05, 4.69) is 52.9 Å². The number of ether oxygens (including phenoxy) is 2. The Morgan fingerprint density at radius 2 is 1.93 bits per heavy atom. The molecule has 0 amide bonds. The number of hydrogen-bond acceptors (Lipinski definition) is 4. The van der Waals surface area contributed by atoms with E-state index in [0.717, 1.165) is 29.3 Å². The van der Waals surface area contributed by atoms with Crippen molar-refractivity contribution in [1.29, 1.82) is 0 Å². The summed E-state index contributed by atoms with van der Waals surface area (Å²) in [6, 6.07) is 18.5. The third kappa shape index (κ3) is 4.29. The van der Waals surface area contributed by atoms with Gasteiger partial charge in [-0.05, 0) is 59.9 Å². The van der Waals surface area contributed by atoms with E-state index in [1.165, 1.54) is 10.4 Å². The van der Waals surface area contributed by atoms with Gasteiger partial charge in [0.05, 0.1) is 6.54 Å². The summed E-state index contributed by atoms with van der Waals surface area (Å²) in [5.74, 6) is 1.54. The van der Waals surface area contributed by atoms with Crippen molar-refractivity contribution >= 4 is 40.0 Å². The predicted molar refractivity (Wildman–Crippen MR) is 120 cm³/mol. The van der Waals surface area contributed by atoms with Crippen molar-refractivity contribution in [3.63, 3.8) is 0 Å². The van der Waals surface area contributed by atoms with E-state index in [0.29, 0.717) is 24.9 Å². The van der Waals surface area contributed by atoms with Gasteiger partial charge in [0.25, 0.3) is 0 Å². The summed E-state index contributed by atoms with van der Waals surface area (Å²) in [7, 11) is 0. The fourth-order valence-corrected chi connectivity index (χ4v) is 4.08. The van der Waals surface area contributed by atoms with E-state index in [4.69, 9.17) is 21.7 Å². The molecule has 1 aliphatic heterocycles. The van der Waals surface area contributed by atoms with Gasteiger partial charge in [-0.2, -0.15) is 0 Å². The summed E-state index contributed by atoms with van der Waals surface area (Å²) in [5.41, 5.74) is 3.25. The number of nitrogens with zero attached hydrogens (tertiary/aromatic N) is 1. The van der Waals surface area contributed by atoms with Crippen LogP contribution in [-0.2, 0) is 13.0 Å². The number of benzene rings is 2. The molecule has 3 aromatic rings. The van der Waals surface area contributed by atoms with Gasteiger partial charge >= 0.3 is 0 Å². The van der Waals surface area contributed by atoms with Gasteiger partial charge in [-0.3, -0.25) is 0 Å². The monoisotopic (exact) mass is 410 g/mol. The summed E-state index contributed by atoms with van der Waals surface area (Å²) in [5, 5.41) is 6.13.